The number of hydrogen-bond acceptors (Lipinski definition) is 7. The van der Waals surface area contributed by atoms with Crippen LogP contribution in [-0.2, 0) is 9.59 Å². The fraction of sp³-hybridized carbons (Fsp3) is 0.389. The van der Waals surface area contributed by atoms with E-state index in [1.54, 1.807) is 12.3 Å². The van der Waals surface area contributed by atoms with Gasteiger partial charge in [0.15, 0.2) is 5.82 Å². The Morgan fingerprint density at radius 2 is 2.04 bits per heavy atom. The zero-order chi connectivity index (χ0) is 19.2. The molecule has 9 nitrogen and oxygen atoms in total. The number of aromatic nitrogens is 3. The van der Waals surface area contributed by atoms with Gasteiger partial charge in [-0.3, -0.25) is 14.6 Å². The lowest BCUT2D eigenvalue weighted by Crippen LogP contribution is -2.39. The number of nitrogens with one attached hydrogen (secondary N) is 1. The molecule has 1 saturated heterocycles. The molecule has 1 fully saturated rings. The van der Waals surface area contributed by atoms with Crippen LogP contribution in [0.25, 0.3) is 11.5 Å². The first-order valence-electron chi connectivity index (χ1n) is 8.83. The fourth-order valence-corrected chi connectivity index (χ4v) is 2.99. The van der Waals surface area contributed by atoms with Gasteiger partial charge in [-0.2, -0.15) is 0 Å². The highest BCUT2D eigenvalue weighted by atomic mass is 16.4. The number of carboxylic acids is 1. The second kappa shape index (κ2) is 8.43. The van der Waals surface area contributed by atoms with Gasteiger partial charge in [0.05, 0.1) is 6.42 Å². The molecule has 0 aliphatic carbocycles. The third-order valence-electron chi connectivity index (χ3n) is 4.47. The molecule has 0 saturated carbocycles. The van der Waals surface area contributed by atoms with E-state index in [1.807, 2.05) is 18.2 Å². The quantitative estimate of drug-likeness (QED) is 0.660. The Kier molecular flexibility index (Phi) is 5.80. The maximum Gasteiger partial charge on any atom is 0.305 e. The van der Waals surface area contributed by atoms with E-state index in [1.165, 1.54) is 0 Å². The van der Waals surface area contributed by atoms with Crippen molar-refractivity contribution >= 4 is 23.5 Å². The average Bonchev–Trinajstić information content (AvgIpc) is 2.68. The van der Waals surface area contributed by atoms with Crippen LogP contribution in [0.2, 0.25) is 0 Å². The number of aliphatic carboxylic acids is 1. The van der Waals surface area contributed by atoms with Crippen molar-refractivity contribution in [3.63, 3.8) is 0 Å². The third-order valence-corrected chi connectivity index (χ3v) is 4.47. The number of pyridine rings is 1. The van der Waals surface area contributed by atoms with Crippen molar-refractivity contribution in [2.45, 2.75) is 19.3 Å². The Bertz CT molecular complexity index is 806. The highest BCUT2D eigenvalue weighted by Crippen LogP contribution is 2.25. The summed E-state index contributed by atoms with van der Waals surface area (Å²) < 4.78 is 0. The molecule has 2 aromatic heterocycles. The van der Waals surface area contributed by atoms with Crippen molar-refractivity contribution in [3.8, 4) is 11.5 Å². The number of nitrogens with zero attached hydrogens (tertiary/aromatic N) is 4. The third kappa shape index (κ3) is 4.90. The van der Waals surface area contributed by atoms with Crippen LogP contribution in [0, 0.1) is 5.92 Å². The van der Waals surface area contributed by atoms with Crippen LogP contribution in [0.4, 0.5) is 11.6 Å². The molecule has 0 spiro atoms. The molecule has 0 bridgehead atoms. The molecule has 0 unspecified atom stereocenters. The molecule has 1 amide bonds. The summed E-state index contributed by atoms with van der Waals surface area (Å²) in [5.41, 5.74) is 6.04. The summed E-state index contributed by atoms with van der Waals surface area (Å²) in [6, 6.07) is 7.28. The zero-order valence-corrected chi connectivity index (χ0v) is 14.8. The summed E-state index contributed by atoms with van der Waals surface area (Å²) in [6.45, 7) is 1.60. The van der Waals surface area contributed by atoms with Crippen molar-refractivity contribution in [2.24, 2.45) is 11.7 Å². The van der Waals surface area contributed by atoms with Gasteiger partial charge in [0, 0.05) is 37.8 Å². The van der Waals surface area contributed by atoms with Gasteiger partial charge in [-0.05, 0) is 25.0 Å². The number of amides is 1. The molecule has 27 heavy (non-hydrogen) atoms. The Morgan fingerprint density at radius 3 is 2.67 bits per heavy atom. The molecule has 0 radical (unpaired) electrons. The van der Waals surface area contributed by atoms with Crippen molar-refractivity contribution in [1.82, 2.24) is 15.0 Å². The minimum Gasteiger partial charge on any atom is -0.481 e. The number of carbonyl (C=O) groups is 2. The molecule has 0 atom stereocenters. The molecule has 1 aliphatic rings. The summed E-state index contributed by atoms with van der Waals surface area (Å²) in [6.07, 6.45) is 3.02. The highest BCUT2D eigenvalue weighted by Gasteiger charge is 2.24. The Balaban J connectivity index is 1.83. The first-order valence-corrected chi connectivity index (χ1v) is 8.83. The molecule has 142 valence electrons. The summed E-state index contributed by atoms with van der Waals surface area (Å²) in [7, 11) is 0. The monoisotopic (exact) mass is 370 g/mol. The predicted octanol–water partition coefficient (Wildman–Crippen LogP) is 1.13. The van der Waals surface area contributed by atoms with Gasteiger partial charge in [-0.25, -0.2) is 9.97 Å². The lowest BCUT2D eigenvalue weighted by Gasteiger charge is -2.31. The molecule has 2 aromatic rings. The average molecular weight is 370 g/mol. The van der Waals surface area contributed by atoms with Gasteiger partial charge in [0.25, 0.3) is 0 Å². The largest absolute Gasteiger partial charge is 0.481 e. The van der Waals surface area contributed by atoms with E-state index in [9.17, 15) is 9.59 Å². The molecule has 9 heteroatoms. The first kappa shape index (κ1) is 18.6. The summed E-state index contributed by atoms with van der Waals surface area (Å²) in [4.78, 5) is 37.6. The number of hydrogen-bond donors (Lipinski definition) is 3. The van der Waals surface area contributed by atoms with Gasteiger partial charge in [0.1, 0.15) is 17.3 Å². The van der Waals surface area contributed by atoms with Crippen LogP contribution in [-0.4, -0.2) is 51.6 Å². The minimum absolute atomic E-state index is 0.0116. The van der Waals surface area contributed by atoms with Crippen molar-refractivity contribution in [1.29, 1.82) is 0 Å². The number of anilines is 2. The maximum absolute atomic E-state index is 11.4. The lowest BCUT2D eigenvalue weighted by atomic mass is 9.96. The van der Waals surface area contributed by atoms with E-state index in [0.29, 0.717) is 49.1 Å². The number of carboxylic acid groups (broad SMARTS) is 1. The van der Waals surface area contributed by atoms with E-state index in [0.717, 1.165) is 0 Å². The Labute approximate surface area is 156 Å². The fourth-order valence-electron chi connectivity index (χ4n) is 2.99. The number of carbonyl (C=O) groups excluding carboxylic acids is 1. The topological polar surface area (TPSA) is 134 Å². The molecule has 0 aromatic carbocycles. The summed E-state index contributed by atoms with van der Waals surface area (Å²) in [5, 5.41) is 11.9. The van der Waals surface area contributed by atoms with Crippen LogP contribution in [0.15, 0.2) is 30.5 Å². The predicted molar refractivity (Wildman–Crippen MR) is 100 cm³/mol. The van der Waals surface area contributed by atoms with Gasteiger partial charge >= 0.3 is 5.97 Å². The molecule has 3 heterocycles. The Morgan fingerprint density at radius 1 is 1.26 bits per heavy atom. The van der Waals surface area contributed by atoms with Gasteiger partial charge in [-0.15, -0.1) is 0 Å². The van der Waals surface area contributed by atoms with Crippen molar-refractivity contribution in [2.75, 3.05) is 29.9 Å². The smallest absolute Gasteiger partial charge is 0.305 e. The SMILES string of the molecule is NC(=O)C1CCN(c2cc(NCCC(=O)O)nc(-c3ccccn3)n2)CC1. The molecule has 3 rings (SSSR count). The van der Waals surface area contributed by atoms with E-state index in [2.05, 4.69) is 25.2 Å². The van der Waals surface area contributed by atoms with Crippen molar-refractivity contribution < 1.29 is 14.7 Å². The zero-order valence-electron chi connectivity index (χ0n) is 14.8. The number of primary amides is 1. The molecular formula is C18H22N6O3. The van der Waals surface area contributed by atoms with E-state index in [-0.39, 0.29) is 24.8 Å². The standard InChI is InChI=1S/C18H22N6O3/c19-17(27)12-5-9-24(10-6-12)15-11-14(21-8-4-16(25)26)22-18(23-15)13-3-1-2-7-20-13/h1-3,7,11-12H,4-6,8-10H2,(H2,19,27)(H,25,26)(H,21,22,23). The lowest BCUT2D eigenvalue weighted by molar-refractivity contribution is -0.136. The highest BCUT2D eigenvalue weighted by molar-refractivity contribution is 5.77. The van der Waals surface area contributed by atoms with Crippen molar-refractivity contribution in [3.05, 3.63) is 30.5 Å². The molecule has 1 aliphatic heterocycles. The van der Waals surface area contributed by atoms with Gasteiger partial charge in [-0.1, -0.05) is 6.07 Å². The van der Waals surface area contributed by atoms with E-state index in [4.69, 9.17) is 10.8 Å². The van der Waals surface area contributed by atoms with Crippen LogP contribution in [0.3, 0.4) is 0 Å². The number of rotatable bonds is 7. The van der Waals surface area contributed by atoms with Crippen LogP contribution in [0.1, 0.15) is 19.3 Å². The van der Waals surface area contributed by atoms with Crippen LogP contribution >= 0.6 is 0 Å². The van der Waals surface area contributed by atoms with E-state index >= 15 is 0 Å². The molecule has 4 N–H and O–H groups in total. The molecular weight excluding hydrogens is 348 g/mol. The van der Waals surface area contributed by atoms with Crippen LogP contribution in [0.5, 0.6) is 0 Å². The van der Waals surface area contributed by atoms with E-state index < -0.39 is 5.97 Å². The second-order valence-corrected chi connectivity index (χ2v) is 6.38. The maximum atomic E-state index is 11.4. The number of piperidine rings is 1. The van der Waals surface area contributed by atoms with Gasteiger partial charge in [0.2, 0.25) is 5.91 Å². The summed E-state index contributed by atoms with van der Waals surface area (Å²) >= 11 is 0. The van der Waals surface area contributed by atoms with Crippen LogP contribution < -0.4 is 16.0 Å². The normalized spacial score (nSPS) is 14.7. The first-order chi connectivity index (χ1) is 13.0. The minimum atomic E-state index is -0.879. The summed E-state index contributed by atoms with van der Waals surface area (Å²) in [5.74, 6) is 0.470. The second-order valence-electron chi connectivity index (χ2n) is 6.38. The van der Waals surface area contributed by atoms with Gasteiger partial charge < -0.3 is 21.1 Å². The number of nitrogens with two attached hydrogens (primary N) is 1. The Hall–Kier alpha value is -3.23.